The summed E-state index contributed by atoms with van der Waals surface area (Å²) in [4.78, 5) is 14.4. The summed E-state index contributed by atoms with van der Waals surface area (Å²) in [5.41, 5.74) is 2.33. The van der Waals surface area contributed by atoms with Gasteiger partial charge in [-0.3, -0.25) is 4.79 Å². The fraction of sp³-hybridized carbons (Fsp3) is 0.235. The van der Waals surface area contributed by atoms with Crippen LogP contribution in [0, 0.1) is 0 Å². The third-order valence-electron chi connectivity index (χ3n) is 3.48. The van der Waals surface area contributed by atoms with Crippen molar-refractivity contribution in [2.75, 3.05) is 26.0 Å². The molecule has 108 valence electrons. The second-order valence-electron chi connectivity index (χ2n) is 5.38. The second kappa shape index (κ2) is 5.58. The number of ketones is 1. The molecule has 1 aliphatic heterocycles. The number of carbonyl (C=O) groups is 1. The SMILES string of the molecule is CN(C)CCC(=O)c1cccc2c1Nc1ccccc1O2. The quantitative estimate of drug-likeness (QED) is 0.741. The molecule has 1 aliphatic rings. The highest BCUT2D eigenvalue weighted by molar-refractivity contribution is 6.04. The number of fused-ring (bicyclic) bond motifs is 2. The van der Waals surface area contributed by atoms with E-state index in [1.54, 1.807) is 0 Å². The van der Waals surface area contributed by atoms with E-state index in [9.17, 15) is 4.79 Å². The predicted octanol–water partition coefficient (Wildman–Crippen LogP) is 3.67. The summed E-state index contributed by atoms with van der Waals surface area (Å²) in [6, 6.07) is 13.3. The number of carbonyl (C=O) groups excluding carboxylic acids is 1. The maximum atomic E-state index is 12.4. The Bertz CT molecular complexity index is 680. The molecule has 0 saturated carbocycles. The minimum absolute atomic E-state index is 0.121. The number of rotatable bonds is 4. The normalized spacial score (nSPS) is 12.1. The Morgan fingerprint density at radius 2 is 1.86 bits per heavy atom. The fourth-order valence-electron chi connectivity index (χ4n) is 2.35. The van der Waals surface area contributed by atoms with Gasteiger partial charge in [0.1, 0.15) is 0 Å². The van der Waals surface area contributed by atoms with Gasteiger partial charge in [-0.1, -0.05) is 18.2 Å². The predicted molar refractivity (Wildman–Crippen MR) is 83.7 cm³/mol. The summed E-state index contributed by atoms with van der Waals surface area (Å²) >= 11 is 0. The number of nitrogens with zero attached hydrogens (tertiary/aromatic N) is 1. The zero-order chi connectivity index (χ0) is 14.8. The first-order valence-electron chi connectivity index (χ1n) is 7.00. The van der Waals surface area contributed by atoms with Crippen molar-refractivity contribution in [1.82, 2.24) is 4.90 Å². The van der Waals surface area contributed by atoms with Crippen molar-refractivity contribution in [3.8, 4) is 11.5 Å². The number of ether oxygens (including phenoxy) is 1. The van der Waals surface area contributed by atoms with Crippen LogP contribution >= 0.6 is 0 Å². The Balaban J connectivity index is 1.91. The van der Waals surface area contributed by atoms with E-state index in [0.29, 0.717) is 17.7 Å². The molecule has 0 spiro atoms. The molecule has 3 rings (SSSR count). The molecule has 0 bridgehead atoms. The maximum absolute atomic E-state index is 12.4. The van der Waals surface area contributed by atoms with E-state index < -0.39 is 0 Å². The van der Waals surface area contributed by atoms with Crippen LogP contribution in [0.3, 0.4) is 0 Å². The lowest BCUT2D eigenvalue weighted by molar-refractivity contribution is 0.0973. The molecule has 1 heterocycles. The lowest BCUT2D eigenvalue weighted by Crippen LogP contribution is -2.17. The van der Waals surface area contributed by atoms with Crippen molar-refractivity contribution < 1.29 is 9.53 Å². The Hall–Kier alpha value is -2.33. The topological polar surface area (TPSA) is 41.6 Å². The van der Waals surface area contributed by atoms with Crippen LogP contribution in [-0.2, 0) is 0 Å². The van der Waals surface area contributed by atoms with Crippen LogP contribution in [0.25, 0.3) is 0 Å². The molecule has 2 aromatic rings. The van der Waals surface area contributed by atoms with Crippen molar-refractivity contribution in [3.05, 3.63) is 48.0 Å². The van der Waals surface area contributed by atoms with E-state index in [2.05, 4.69) is 5.32 Å². The zero-order valence-electron chi connectivity index (χ0n) is 12.2. The van der Waals surface area contributed by atoms with Gasteiger partial charge < -0.3 is 15.0 Å². The van der Waals surface area contributed by atoms with Crippen LogP contribution in [-0.4, -0.2) is 31.3 Å². The molecule has 0 amide bonds. The highest BCUT2D eigenvalue weighted by Crippen LogP contribution is 2.43. The summed E-state index contributed by atoms with van der Waals surface area (Å²) in [6.07, 6.45) is 0.493. The van der Waals surface area contributed by atoms with Crippen LogP contribution in [0.2, 0.25) is 0 Å². The van der Waals surface area contributed by atoms with E-state index in [-0.39, 0.29) is 5.78 Å². The van der Waals surface area contributed by atoms with Crippen LogP contribution in [0.5, 0.6) is 11.5 Å². The van der Waals surface area contributed by atoms with E-state index in [1.165, 1.54) is 0 Å². The molecule has 0 unspecified atom stereocenters. The van der Waals surface area contributed by atoms with E-state index in [4.69, 9.17) is 4.74 Å². The first-order valence-corrected chi connectivity index (χ1v) is 7.00. The number of anilines is 2. The fourth-order valence-corrected chi connectivity index (χ4v) is 2.35. The minimum atomic E-state index is 0.121. The van der Waals surface area contributed by atoms with Gasteiger partial charge in [-0.15, -0.1) is 0 Å². The van der Waals surface area contributed by atoms with Gasteiger partial charge in [-0.2, -0.15) is 0 Å². The van der Waals surface area contributed by atoms with Gasteiger partial charge in [0.15, 0.2) is 17.3 Å². The summed E-state index contributed by atoms with van der Waals surface area (Å²) in [5, 5.41) is 3.32. The average Bonchev–Trinajstić information content (AvgIpc) is 2.50. The molecule has 21 heavy (non-hydrogen) atoms. The van der Waals surface area contributed by atoms with Crippen molar-refractivity contribution in [3.63, 3.8) is 0 Å². The smallest absolute Gasteiger partial charge is 0.166 e. The number of Topliss-reactive ketones (excluding diaryl/α,β-unsaturated/α-hetero) is 1. The number of hydrogen-bond acceptors (Lipinski definition) is 4. The van der Waals surface area contributed by atoms with Gasteiger partial charge in [0.05, 0.1) is 11.4 Å². The summed E-state index contributed by atoms with van der Waals surface area (Å²) < 4.78 is 5.87. The number of benzene rings is 2. The van der Waals surface area contributed by atoms with Crippen LogP contribution in [0.15, 0.2) is 42.5 Å². The molecule has 0 radical (unpaired) electrons. The number of nitrogens with one attached hydrogen (secondary N) is 1. The summed E-state index contributed by atoms with van der Waals surface area (Å²) in [7, 11) is 3.93. The Morgan fingerprint density at radius 3 is 2.67 bits per heavy atom. The molecule has 0 aliphatic carbocycles. The molecular weight excluding hydrogens is 264 g/mol. The van der Waals surface area contributed by atoms with Crippen LogP contribution < -0.4 is 10.1 Å². The van der Waals surface area contributed by atoms with Crippen molar-refractivity contribution >= 4 is 17.2 Å². The first-order chi connectivity index (χ1) is 10.1. The maximum Gasteiger partial charge on any atom is 0.166 e. The van der Waals surface area contributed by atoms with Gasteiger partial charge >= 0.3 is 0 Å². The van der Waals surface area contributed by atoms with Crippen LogP contribution in [0.1, 0.15) is 16.8 Å². The summed E-state index contributed by atoms with van der Waals surface area (Å²) in [6.45, 7) is 0.736. The lowest BCUT2D eigenvalue weighted by Gasteiger charge is -2.23. The lowest BCUT2D eigenvalue weighted by atomic mass is 10.0. The van der Waals surface area contributed by atoms with Gasteiger partial charge in [0.2, 0.25) is 0 Å². The largest absolute Gasteiger partial charge is 0.453 e. The Labute approximate surface area is 124 Å². The van der Waals surface area contributed by atoms with Crippen LogP contribution in [0.4, 0.5) is 11.4 Å². The highest BCUT2D eigenvalue weighted by atomic mass is 16.5. The molecule has 0 atom stereocenters. The average molecular weight is 282 g/mol. The van der Waals surface area contributed by atoms with Gasteiger partial charge in [-0.05, 0) is 38.4 Å². The molecule has 2 aromatic carbocycles. The molecule has 1 N–H and O–H groups in total. The molecule has 0 fully saturated rings. The van der Waals surface area contributed by atoms with Crippen molar-refractivity contribution in [2.24, 2.45) is 0 Å². The molecular formula is C17H18N2O2. The molecule has 4 heteroatoms. The van der Waals surface area contributed by atoms with Gasteiger partial charge in [0.25, 0.3) is 0 Å². The molecule has 0 saturated heterocycles. The van der Waals surface area contributed by atoms with E-state index in [0.717, 1.165) is 23.7 Å². The summed E-state index contributed by atoms with van der Waals surface area (Å²) in [5.74, 6) is 1.60. The van der Waals surface area contributed by atoms with E-state index in [1.807, 2.05) is 61.5 Å². The number of hydrogen-bond donors (Lipinski definition) is 1. The molecule has 0 aromatic heterocycles. The Morgan fingerprint density at radius 1 is 1.10 bits per heavy atom. The monoisotopic (exact) mass is 282 g/mol. The minimum Gasteiger partial charge on any atom is -0.453 e. The van der Waals surface area contributed by atoms with Crippen molar-refractivity contribution in [1.29, 1.82) is 0 Å². The van der Waals surface area contributed by atoms with Gasteiger partial charge in [-0.25, -0.2) is 0 Å². The highest BCUT2D eigenvalue weighted by Gasteiger charge is 2.21. The van der Waals surface area contributed by atoms with Gasteiger partial charge in [0, 0.05) is 18.5 Å². The van der Waals surface area contributed by atoms with E-state index >= 15 is 0 Å². The standard InChI is InChI=1S/C17H18N2O2/c1-19(2)11-10-14(20)12-6-5-9-16-17(12)18-13-7-3-4-8-15(13)21-16/h3-9,18H,10-11H2,1-2H3. The first kappa shape index (κ1) is 13.6. The zero-order valence-corrected chi connectivity index (χ0v) is 12.2. The van der Waals surface area contributed by atoms with Crippen molar-refractivity contribution in [2.45, 2.75) is 6.42 Å². The third-order valence-corrected chi connectivity index (χ3v) is 3.48. The number of para-hydroxylation sites is 3. The molecule has 4 nitrogen and oxygen atoms in total. The third kappa shape index (κ3) is 2.76. The Kier molecular flexibility index (Phi) is 3.62. The second-order valence-corrected chi connectivity index (χ2v) is 5.38.